The molecule has 0 aliphatic rings. The highest BCUT2D eigenvalue weighted by molar-refractivity contribution is 5.88. The molecule has 0 fully saturated rings. The largest absolute Gasteiger partial charge is 0.392 e. The lowest BCUT2D eigenvalue weighted by Crippen LogP contribution is -2.34. The van der Waals surface area contributed by atoms with Crippen molar-refractivity contribution in [1.29, 1.82) is 0 Å². The minimum Gasteiger partial charge on any atom is -0.392 e. The Kier molecular flexibility index (Phi) is 7.54. The van der Waals surface area contributed by atoms with Crippen LogP contribution in [0.4, 0.5) is 0 Å². The second-order valence-electron chi connectivity index (χ2n) is 4.67. The summed E-state index contributed by atoms with van der Waals surface area (Å²) in [5.41, 5.74) is 12.1. The highest BCUT2D eigenvalue weighted by Gasteiger charge is 2.17. The average Bonchev–Trinajstić information content (AvgIpc) is 2.45. The zero-order chi connectivity index (χ0) is 14.8. The minimum absolute atomic E-state index is 0.213. The third kappa shape index (κ3) is 6.45. The monoisotopic (exact) mass is 278 g/mol. The van der Waals surface area contributed by atoms with Gasteiger partial charge in [0.05, 0.1) is 0 Å². The fourth-order valence-electron chi connectivity index (χ4n) is 1.78. The summed E-state index contributed by atoms with van der Waals surface area (Å²) in [4.78, 5) is 23.0. The number of hydrogen-bond donors (Lipinski definition) is 2. The van der Waals surface area contributed by atoms with Crippen molar-refractivity contribution in [3.63, 3.8) is 0 Å². The molecule has 5 nitrogen and oxygen atoms in total. The smallest absolute Gasteiger partial charge is 0.330 e. The number of carbonyl (C=O) groups is 2. The lowest BCUT2D eigenvalue weighted by atomic mass is 10.1. The Labute approximate surface area is 119 Å². The standard InChI is InChI=1S/C15H22N2O3/c16-11-5-9-13(17)15(19)20-14(18)10-4-8-12-6-2-1-3-7-12/h1-3,6-7,13H,4-5,8-11,16-17H2/t13-/m1/s1. The van der Waals surface area contributed by atoms with E-state index in [-0.39, 0.29) is 6.42 Å². The summed E-state index contributed by atoms with van der Waals surface area (Å²) in [7, 11) is 0. The summed E-state index contributed by atoms with van der Waals surface area (Å²) >= 11 is 0. The Morgan fingerprint density at radius 1 is 1.15 bits per heavy atom. The summed E-state index contributed by atoms with van der Waals surface area (Å²) in [6.07, 6.45) is 2.72. The van der Waals surface area contributed by atoms with E-state index in [0.29, 0.717) is 25.8 Å². The molecule has 0 radical (unpaired) electrons. The Morgan fingerprint density at radius 2 is 1.85 bits per heavy atom. The zero-order valence-corrected chi connectivity index (χ0v) is 11.6. The first kappa shape index (κ1) is 16.3. The van der Waals surface area contributed by atoms with Crippen LogP contribution in [0, 0.1) is 0 Å². The molecular formula is C15H22N2O3. The molecule has 0 saturated carbocycles. The second-order valence-corrected chi connectivity index (χ2v) is 4.67. The maximum Gasteiger partial charge on any atom is 0.330 e. The maximum absolute atomic E-state index is 11.5. The van der Waals surface area contributed by atoms with Crippen LogP contribution in [0.25, 0.3) is 0 Å². The van der Waals surface area contributed by atoms with Gasteiger partial charge in [0, 0.05) is 6.42 Å². The molecule has 0 bridgehead atoms. The lowest BCUT2D eigenvalue weighted by molar-refractivity contribution is -0.160. The van der Waals surface area contributed by atoms with Crippen LogP contribution >= 0.6 is 0 Å². The molecule has 5 heteroatoms. The van der Waals surface area contributed by atoms with Crippen LogP contribution in [0.5, 0.6) is 0 Å². The van der Waals surface area contributed by atoms with Gasteiger partial charge in [0.1, 0.15) is 6.04 Å². The summed E-state index contributed by atoms with van der Waals surface area (Å²) in [6.45, 7) is 0.464. The number of hydrogen-bond acceptors (Lipinski definition) is 5. The molecule has 0 heterocycles. The van der Waals surface area contributed by atoms with Crippen molar-refractivity contribution in [2.45, 2.75) is 38.1 Å². The van der Waals surface area contributed by atoms with Crippen LogP contribution in [-0.4, -0.2) is 24.5 Å². The molecule has 1 aromatic rings. The number of nitrogens with two attached hydrogens (primary N) is 2. The number of benzene rings is 1. The van der Waals surface area contributed by atoms with E-state index < -0.39 is 18.0 Å². The summed E-state index contributed by atoms with van der Waals surface area (Å²) < 4.78 is 4.70. The topological polar surface area (TPSA) is 95.4 Å². The van der Waals surface area contributed by atoms with Crippen LogP contribution < -0.4 is 11.5 Å². The Bertz CT molecular complexity index is 420. The van der Waals surface area contributed by atoms with Gasteiger partial charge in [-0.3, -0.25) is 4.79 Å². The SMILES string of the molecule is NCCC[C@@H](N)C(=O)OC(=O)CCCc1ccccc1. The molecule has 0 aliphatic heterocycles. The van der Waals surface area contributed by atoms with Gasteiger partial charge < -0.3 is 16.2 Å². The number of carbonyl (C=O) groups excluding carboxylic acids is 2. The minimum atomic E-state index is -0.767. The first-order valence-corrected chi connectivity index (χ1v) is 6.87. The first-order valence-electron chi connectivity index (χ1n) is 6.87. The van der Waals surface area contributed by atoms with Crippen molar-refractivity contribution in [3.05, 3.63) is 35.9 Å². The molecule has 0 saturated heterocycles. The first-order chi connectivity index (χ1) is 9.63. The van der Waals surface area contributed by atoms with E-state index >= 15 is 0 Å². The predicted octanol–water partition coefficient (Wildman–Crippen LogP) is 1.15. The van der Waals surface area contributed by atoms with Crippen LogP contribution in [-0.2, 0) is 20.7 Å². The molecule has 0 spiro atoms. The molecule has 20 heavy (non-hydrogen) atoms. The normalized spacial score (nSPS) is 11.9. The van der Waals surface area contributed by atoms with Gasteiger partial charge in [0.25, 0.3) is 0 Å². The maximum atomic E-state index is 11.5. The van der Waals surface area contributed by atoms with E-state index in [9.17, 15) is 9.59 Å². The summed E-state index contributed by atoms with van der Waals surface area (Å²) in [5.74, 6) is -1.18. The van der Waals surface area contributed by atoms with E-state index in [2.05, 4.69) is 0 Å². The zero-order valence-electron chi connectivity index (χ0n) is 11.6. The fourth-order valence-corrected chi connectivity index (χ4v) is 1.78. The van der Waals surface area contributed by atoms with Crippen LogP contribution in [0.3, 0.4) is 0 Å². The number of rotatable bonds is 8. The van der Waals surface area contributed by atoms with Gasteiger partial charge in [0.15, 0.2) is 0 Å². The predicted molar refractivity (Wildman–Crippen MR) is 76.7 cm³/mol. The quantitative estimate of drug-likeness (QED) is 0.549. The Balaban J connectivity index is 2.21. The van der Waals surface area contributed by atoms with Gasteiger partial charge in [-0.15, -0.1) is 0 Å². The van der Waals surface area contributed by atoms with Crippen molar-refractivity contribution >= 4 is 11.9 Å². The Hall–Kier alpha value is -1.72. The van der Waals surface area contributed by atoms with Crippen LogP contribution in [0.1, 0.15) is 31.2 Å². The molecular weight excluding hydrogens is 256 g/mol. The Morgan fingerprint density at radius 3 is 2.50 bits per heavy atom. The lowest BCUT2D eigenvalue weighted by Gasteiger charge is -2.09. The van der Waals surface area contributed by atoms with Gasteiger partial charge in [-0.25, -0.2) is 4.79 Å². The van der Waals surface area contributed by atoms with E-state index in [4.69, 9.17) is 16.2 Å². The molecule has 1 aromatic carbocycles. The third-order valence-corrected chi connectivity index (χ3v) is 2.93. The molecule has 0 amide bonds. The summed E-state index contributed by atoms with van der Waals surface area (Å²) in [5, 5.41) is 0. The number of aryl methyl sites for hydroxylation is 1. The molecule has 0 aromatic heterocycles. The van der Waals surface area contributed by atoms with Gasteiger partial charge in [-0.1, -0.05) is 30.3 Å². The van der Waals surface area contributed by atoms with Crippen LogP contribution in [0.2, 0.25) is 0 Å². The highest BCUT2D eigenvalue weighted by Crippen LogP contribution is 2.06. The molecule has 1 rings (SSSR count). The molecule has 110 valence electrons. The van der Waals surface area contributed by atoms with E-state index in [1.54, 1.807) is 0 Å². The molecule has 1 atom stereocenters. The molecule has 0 unspecified atom stereocenters. The van der Waals surface area contributed by atoms with Gasteiger partial charge in [-0.2, -0.15) is 0 Å². The highest BCUT2D eigenvalue weighted by atomic mass is 16.6. The summed E-state index contributed by atoms with van der Waals surface area (Å²) in [6, 6.07) is 9.08. The van der Waals surface area contributed by atoms with Crippen molar-refractivity contribution < 1.29 is 14.3 Å². The van der Waals surface area contributed by atoms with E-state index in [1.165, 1.54) is 0 Å². The third-order valence-electron chi connectivity index (χ3n) is 2.93. The van der Waals surface area contributed by atoms with Crippen molar-refractivity contribution in [3.8, 4) is 0 Å². The number of esters is 2. The van der Waals surface area contributed by atoms with E-state index in [0.717, 1.165) is 12.0 Å². The van der Waals surface area contributed by atoms with Gasteiger partial charge in [0.2, 0.25) is 0 Å². The molecule has 4 N–H and O–H groups in total. The van der Waals surface area contributed by atoms with Gasteiger partial charge >= 0.3 is 11.9 Å². The van der Waals surface area contributed by atoms with Gasteiger partial charge in [-0.05, 0) is 37.8 Å². The molecule has 0 aliphatic carbocycles. The average molecular weight is 278 g/mol. The van der Waals surface area contributed by atoms with Crippen molar-refractivity contribution in [2.24, 2.45) is 11.5 Å². The fraction of sp³-hybridized carbons (Fsp3) is 0.467. The van der Waals surface area contributed by atoms with Crippen LogP contribution in [0.15, 0.2) is 30.3 Å². The second kappa shape index (κ2) is 9.23. The number of ether oxygens (including phenoxy) is 1. The van der Waals surface area contributed by atoms with Crippen molar-refractivity contribution in [2.75, 3.05) is 6.54 Å². The van der Waals surface area contributed by atoms with E-state index in [1.807, 2.05) is 30.3 Å². The van der Waals surface area contributed by atoms with Crippen molar-refractivity contribution in [1.82, 2.24) is 0 Å².